The van der Waals surface area contributed by atoms with Crippen LogP contribution in [-0.4, -0.2) is 24.6 Å². The highest BCUT2D eigenvalue weighted by Crippen LogP contribution is 2.43. The molecule has 1 aromatic heterocycles. The average Bonchev–Trinajstić information content (AvgIpc) is 2.55. The summed E-state index contributed by atoms with van der Waals surface area (Å²) in [4.78, 5) is 9.03. The Balaban J connectivity index is 1.69. The van der Waals surface area contributed by atoms with Crippen molar-refractivity contribution < 1.29 is 4.74 Å². The molecule has 1 heterocycles. The van der Waals surface area contributed by atoms with E-state index in [0.717, 1.165) is 24.2 Å². The largest absolute Gasteiger partial charge is 0.495 e. The van der Waals surface area contributed by atoms with Crippen LogP contribution >= 0.6 is 11.6 Å². The van der Waals surface area contributed by atoms with Gasteiger partial charge in [0.25, 0.3) is 0 Å². The molecule has 5 nitrogen and oxygen atoms in total. The third kappa shape index (κ3) is 3.46. The minimum Gasteiger partial charge on any atom is -0.495 e. The standard InChI is InChI=1S/C18H21ClN4O/c1-24-15-7-6-13(11-14(15)19)23-17(20)22-12-18(8-4-9-18)16-5-2-3-10-21-16/h2-3,5-7,10-11H,4,8-9,12H2,1H3,(H3,20,22,23). The lowest BCUT2D eigenvalue weighted by Gasteiger charge is -2.40. The van der Waals surface area contributed by atoms with Gasteiger partial charge >= 0.3 is 0 Å². The number of nitrogens with one attached hydrogen (secondary N) is 1. The molecule has 0 amide bonds. The number of halogens is 1. The first-order valence-electron chi connectivity index (χ1n) is 7.95. The lowest BCUT2D eigenvalue weighted by atomic mass is 9.66. The van der Waals surface area contributed by atoms with Crippen molar-refractivity contribution in [3.63, 3.8) is 0 Å². The Morgan fingerprint density at radius 3 is 2.79 bits per heavy atom. The van der Waals surface area contributed by atoms with Crippen LogP contribution in [0.2, 0.25) is 5.02 Å². The summed E-state index contributed by atoms with van der Waals surface area (Å²) in [5.74, 6) is 1.000. The third-order valence-corrected chi connectivity index (χ3v) is 4.79. The fourth-order valence-corrected chi connectivity index (χ4v) is 3.20. The van der Waals surface area contributed by atoms with Crippen LogP contribution in [-0.2, 0) is 5.41 Å². The summed E-state index contributed by atoms with van der Waals surface area (Å²) >= 11 is 6.12. The second-order valence-corrected chi connectivity index (χ2v) is 6.43. The molecule has 126 valence electrons. The minimum atomic E-state index is 0.0190. The van der Waals surface area contributed by atoms with E-state index in [4.69, 9.17) is 22.1 Å². The smallest absolute Gasteiger partial charge is 0.193 e. The van der Waals surface area contributed by atoms with Crippen molar-refractivity contribution in [2.45, 2.75) is 24.7 Å². The van der Waals surface area contributed by atoms with Gasteiger partial charge in [0.05, 0.1) is 18.7 Å². The number of aliphatic imine (C=N–C) groups is 1. The molecule has 1 saturated carbocycles. The number of hydrogen-bond donors (Lipinski definition) is 2. The van der Waals surface area contributed by atoms with E-state index < -0.39 is 0 Å². The van der Waals surface area contributed by atoms with Crippen LogP contribution in [0.5, 0.6) is 5.75 Å². The van der Waals surface area contributed by atoms with Crippen molar-refractivity contribution in [1.82, 2.24) is 4.98 Å². The van der Waals surface area contributed by atoms with E-state index in [1.165, 1.54) is 6.42 Å². The second kappa shape index (κ2) is 7.09. The summed E-state index contributed by atoms with van der Waals surface area (Å²) in [7, 11) is 1.58. The van der Waals surface area contributed by atoms with E-state index in [-0.39, 0.29) is 5.41 Å². The van der Waals surface area contributed by atoms with Crippen molar-refractivity contribution in [2.24, 2.45) is 10.7 Å². The first kappa shape index (κ1) is 16.6. The SMILES string of the molecule is COc1ccc(NC(N)=NCC2(c3ccccn3)CCC2)cc1Cl. The van der Waals surface area contributed by atoms with Gasteiger partial charge in [-0.05, 0) is 43.2 Å². The van der Waals surface area contributed by atoms with E-state index in [1.54, 1.807) is 19.2 Å². The van der Waals surface area contributed by atoms with Crippen LogP contribution in [0.1, 0.15) is 25.0 Å². The molecule has 1 aromatic carbocycles. The highest BCUT2D eigenvalue weighted by Gasteiger charge is 2.39. The molecule has 1 aliphatic rings. The summed E-state index contributed by atoms with van der Waals surface area (Å²) in [5.41, 5.74) is 7.93. The molecule has 6 heteroatoms. The topological polar surface area (TPSA) is 72.5 Å². The first-order valence-corrected chi connectivity index (χ1v) is 8.33. The summed E-state index contributed by atoms with van der Waals surface area (Å²) in [6, 6.07) is 11.4. The van der Waals surface area contributed by atoms with Gasteiger partial charge in [0.2, 0.25) is 0 Å². The van der Waals surface area contributed by atoms with E-state index in [0.29, 0.717) is 23.3 Å². The predicted octanol–water partition coefficient (Wildman–Crippen LogP) is 3.59. The molecule has 3 N–H and O–H groups in total. The maximum Gasteiger partial charge on any atom is 0.193 e. The fraction of sp³-hybridized carbons (Fsp3) is 0.333. The molecule has 0 radical (unpaired) electrons. The zero-order valence-corrected chi connectivity index (χ0v) is 14.4. The predicted molar refractivity (Wildman–Crippen MR) is 97.9 cm³/mol. The Hall–Kier alpha value is -2.27. The second-order valence-electron chi connectivity index (χ2n) is 6.02. The van der Waals surface area contributed by atoms with Gasteiger partial charge in [-0.1, -0.05) is 24.1 Å². The van der Waals surface area contributed by atoms with Crippen LogP contribution < -0.4 is 15.8 Å². The number of aromatic nitrogens is 1. The number of pyridine rings is 1. The monoisotopic (exact) mass is 344 g/mol. The van der Waals surface area contributed by atoms with Gasteiger partial charge in [-0.25, -0.2) is 0 Å². The van der Waals surface area contributed by atoms with Crippen LogP contribution in [0.25, 0.3) is 0 Å². The normalized spacial score (nSPS) is 16.3. The zero-order valence-electron chi connectivity index (χ0n) is 13.6. The molecule has 0 atom stereocenters. The van der Waals surface area contributed by atoms with E-state index >= 15 is 0 Å². The molecular weight excluding hydrogens is 324 g/mol. The lowest BCUT2D eigenvalue weighted by molar-refractivity contribution is 0.246. The van der Waals surface area contributed by atoms with Crippen LogP contribution in [0.3, 0.4) is 0 Å². The van der Waals surface area contributed by atoms with Gasteiger partial charge in [0.15, 0.2) is 5.96 Å². The van der Waals surface area contributed by atoms with Gasteiger partial charge in [0, 0.05) is 23.0 Å². The highest BCUT2D eigenvalue weighted by molar-refractivity contribution is 6.32. The Kier molecular flexibility index (Phi) is 4.90. The average molecular weight is 345 g/mol. The maximum atomic E-state index is 6.12. The Morgan fingerprint density at radius 2 is 2.21 bits per heavy atom. The molecule has 24 heavy (non-hydrogen) atoms. The van der Waals surface area contributed by atoms with E-state index in [9.17, 15) is 0 Å². The molecule has 0 spiro atoms. The van der Waals surface area contributed by atoms with Crippen LogP contribution in [0.15, 0.2) is 47.6 Å². The summed E-state index contributed by atoms with van der Waals surface area (Å²) in [6.45, 7) is 0.632. The van der Waals surface area contributed by atoms with E-state index in [2.05, 4.69) is 21.4 Å². The van der Waals surface area contributed by atoms with Crippen molar-refractivity contribution in [1.29, 1.82) is 0 Å². The number of rotatable bonds is 5. The molecule has 1 fully saturated rings. The van der Waals surface area contributed by atoms with Gasteiger partial charge in [-0.15, -0.1) is 0 Å². The minimum absolute atomic E-state index is 0.0190. The molecule has 0 saturated heterocycles. The number of nitrogens with two attached hydrogens (primary N) is 1. The Labute approximate surface area is 146 Å². The number of benzene rings is 1. The summed E-state index contributed by atoms with van der Waals surface area (Å²) < 4.78 is 5.14. The maximum absolute atomic E-state index is 6.12. The lowest BCUT2D eigenvalue weighted by Crippen LogP contribution is -2.39. The van der Waals surface area contributed by atoms with Gasteiger partial charge in [0.1, 0.15) is 5.75 Å². The van der Waals surface area contributed by atoms with Crippen molar-refractivity contribution in [2.75, 3.05) is 19.0 Å². The summed E-state index contributed by atoms with van der Waals surface area (Å²) in [5, 5.41) is 3.60. The van der Waals surface area contributed by atoms with Crippen LogP contribution in [0, 0.1) is 0 Å². The number of ether oxygens (including phenoxy) is 1. The Bertz CT molecular complexity index is 729. The third-order valence-electron chi connectivity index (χ3n) is 4.50. The molecule has 0 bridgehead atoms. The fourth-order valence-electron chi connectivity index (χ4n) is 2.94. The summed E-state index contributed by atoms with van der Waals surface area (Å²) in [6.07, 6.45) is 5.22. The molecule has 3 rings (SSSR count). The molecular formula is C18H21ClN4O. The number of nitrogens with zero attached hydrogens (tertiary/aromatic N) is 2. The van der Waals surface area contributed by atoms with Gasteiger partial charge < -0.3 is 15.8 Å². The van der Waals surface area contributed by atoms with E-state index in [1.807, 2.05) is 24.4 Å². The molecule has 2 aromatic rings. The Morgan fingerprint density at radius 1 is 1.38 bits per heavy atom. The first-order chi connectivity index (χ1) is 11.6. The molecule has 0 aliphatic heterocycles. The van der Waals surface area contributed by atoms with Crippen molar-refractivity contribution in [3.05, 3.63) is 53.3 Å². The number of methoxy groups -OCH3 is 1. The van der Waals surface area contributed by atoms with Gasteiger partial charge in [-0.3, -0.25) is 9.98 Å². The zero-order chi connectivity index (χ0) is 17.0. The molecule has 1 aliphatic carbocycles. The quantitative estimate of drug-likeness (QED) is 0.642. The number of anilines is 1. The number of guanidine groups is 1. The van der Waals surface area contributed by atoms with Gasteiger partial charge in [-0.2, -0.15) is 0 Å². The van der Waals surface area contributed by atoms with Crippen molar-refractivity contribution >= 4 is 23.2 Å². The van der Waals surface area contributed by atoms with Crippen LogP contribution in [0.4, 0.5) is 5.69 Å². The highest BCUT2D eigenvalue weighted by atomic mass is 35.5. The number of hydrogen-bond acceptors (Lipinski definition) is 3. The van der Waals surface area contributed by atoms with Crippen molar-refractivity contribution in [3.8, 4) is 5.75 Å². The molecule has 0 unspecified atom stereocenters.